The van der Waals surface area contributed by atoms with E-state index in [4.69, 9.17) is 4.98 Å². The van der Waals surface area contributed by atoms with Crippen LogP contribution in [0.15, 0.2) is 42.6 Å². The topological polar surface area (TPSA) is 63.9 Å². The Hall–Kier alpha value is -3.02. The molecular formula is C25H29N5O. The Morgan fingerprint density at radius 1 is 1.16 bits per heavy atom. The zero-order chi connectivity index (χ0) is 21.6. The van der Waals surface area contributed by atoms with Crippen LogP contribution in [0.25, 0.3) is 11.4 Å². The van der Waals surface area contributed by atoms with Crippen molar-refractivity contribution in [2.75, 3.05) is 13.1 Å². The van der Waals surface area contributed by atoms with Crippen LogP contribution in [-0.4, -0.2) is 43.6 Å². The standard InChI is InChI=1S/C25H29N5O/c1-17(2)20-14-21(29(3)28-20)24(31)30-13-7-11-25(16-30)12-10-19-15-26-23(27-22(19)25)18-8-5-4-6-9-18/h4-6,8-9,14-15,17H,7,10-13,16H2,1-3H3. The van der Waals surface area contributed by atoms with Gasteiger partial charge in [-0.2, -0.15) is 5.10 Å². The number of aryl methyl sites for hydroxylation is 2. The maximum atomic E-state index is 13.4. The molecule has 160 valence electrons. The normalized spacial score (nSPS) is 20.5. The maximum Gasteiger partial charge on any atom is 0.272 e. The van der Waals surface area contributed by atoms with Crippen LogP contribution in [0.4, 0.5) is 0 Å². The van der Waals surface area contributed by atoms with Crippen molar-refractivity contribution in [2.24, 2.45) is 7.05 Å². The lowest BCUT2D eigenvalue weighted by molar-refractivity contribution is 0.0622. The monoisotopic (exact) mass is 415 g/mol. The summed E-state index contributed by atoms with van der Waals surface area (Å²) in [4.78, 5) is 25.1. The van der Waals surface area contributed by atoms with E-state index < -0.39 is 0 Å². The van der Waals surface area contributed by atoms with Gasteiger partial charge >= 0.3 is 0 Å². The van der Waals surface area contributed by atoms with Gasteiger partial charge in [-0.15, -0.1) is 0 Å². The SMILES string of the molecule is CC(C)c1cc(C(=O)N2CCCC3(CCc4cnc(-c5ccccc5)nc43)C2)n(C)n1. The third-order valence-corrected chi connectivity index (χ3v) is 6.85. The highest BCUT2D eigenvalue weighted by molar-refractivity contribution is 5.93. The number of nitrogens with zero attached hydrogens (tertiary/aromatic N) is 5. The van der Waals surface area contributed by atoms with Gasteiger partial charge in [-0.1, -0.05) is 44.2 Å². The molecule has 31 heavy (non-hydrogen) atoms. The number of fused-ring (bicyclic) bond motifs is 2. The van der Waals surface area contributed by atoms with Gasteiger partial charge < -0.3 is 4.90 Å². The molecule has 1 spiro atoms. The number of benzene rings is 1. The molecule has 3 heterocycles. The molecule has 1 amide bonds. The maximum absolute atomic E-state index is 13.4. The van der Waals surface area contributed by atoms with Gasteiger partial charge in [0.15, 0.2) is 5.82 Å². The molecule has 3 aromatic rings. The molecule has 0 saturated carbocycles. The smallest absolute Gasteiger partial charge is 0.272 e. The number of carbonyl (C=O) groups excluding carboxylic acids is 1. The molecule has 1 aliphatic heterocycles. The van der Waals surface area contributed by atoms with Crippen molar-refractivity contribution in [1.29, 1.82) is 0 Å². The van der Waals surface area contributed by atoms with Crippen molar-refractivity contribution in [1.82, 2.24) is 24.6 Å². The molecule has 5 rings (SSSR count). The number of amides is 1. The first-order valence-corrected chi connectivity index (χ1v) is 11.2. The fraction of sp³-hybridized carbons (Fsp3) is 0.440. The second kappa shape index (κ2) is 7.59. The van der Waals surface area contributed by atoms with Crippen molar-refractivity contribution in [3.63, 3.8) is 0 Å². The molecule has 1 aromatic carbocycles. The molecule has 1 saturated heterocycles. The molecular weight excluding hydrogens is 386 g/mol. The molecule has 6 heteroatoms. The lowest BCUT2D eigenvalue weighted by Crippen LogP contribution is -2.48. The van der Waals surface area contributed by atoms with E-state index in [1.807, 2.05) is 42.4 Å². The van der Waals surface area contributed by atoms with Crippen molar-refractivity contribution in [3.8, 4) is 11.4 Å². The third-order valence-electron chi connectivity index (χ3n) is 6.85. The van der Waals surface area contributed by atoms with E-state index in [0.29, 0.717) is 18.2 Å². The number of hydrogen-bond acceptors (Lipinski definition) is 4. The molecule has 0 radical (unpaired) electrons. The number of likely N-dealkylation sites (tertiary alicyclic amines) is 1. The van der Waals surface area contributed by atoms with Gasteiger partial charge in [-0.05, 0) is 43.2 Å². The van der Waals surface area contributed by atoms with E-state index >= 15 is 0 Å². The highest BCUT2D eigenvalue weighted by Gasteiger charge is 2.45. The highest BCUT2D eigenvalue weighted by Crippen LogP contribution is 2.44. The second-order valence-corrected chi connectivity index (χ2v) is 9.28. The zero-order valence-corrected chi connectivity index (χ0v) is 18.5. The van der Waals surface area contributed by atoms with E-state index in [0.717, 1.165) is 55.0 Å². The summed E-state index contributed by atoms with van der Waals surface area (Å²) >= 11 is 0. The van der Waals surface area contributed by atoms with E-state index in [2.05, 4.69) is 36.1 Å². The molecule has 6 nitrogen and oxygen atoms in total. The Bertz CT molecular complexity index is 1120. The number of piperidine rings is 1. The van der Waals surface area contributed by atoms with Crippen molar-refractivity contribution < 1.29 is 4.79 Å². The fourth-order valence-electron chi connectivity index (χ4n) is 5.10. The Kier molecular flexibility index (Phi) is 4.88. The minimum absolute atomic E-state index is 0.0742. The summed E-state index contributed by atoms with van der Waals surface area (Å²) < 4.78 is 1.73. The Morgan fingerprint density at radius 2 is 1.97 bits per heavy atom. The van der Waals surface area contributed by atoms with Gasteiger partial charge in [-0.25, -0.2) is 9.97 Å². The Labute approximate surface area is 183 Å². The van der Waals surface area contributed by atoms with Crippen molar-refractivity contribution in [2.45, 2.75) is 50.9 Å². The van der Waals surface area contributed by atoms with Crippen LogP contribution in [-0.2, 0) is 18.9 Å². The molecule has 1 unspecified atom stereocenters. The molecule has 2 aliphatic rings. The van der Waals surface area contributed by atoms with Crippen molar-refractivity contribution >= 4 is 5.91 Å². The van der Waals surface area contributed by atoms with Gasteiger partial charge in [0.25, 0.3) is 5.91 Å². The molecule has 0 bridgehead atoms. The highest BCUT2D eigenvalue weighted by atomic mass is 16.2. The molecule has 0 N–H and O–H groups in total. The second-order valence-electron chi connectivity index (χ2n) is 9.28. The minimum Gasteiger partial charge on any atom is -0.336 e. The average Bonchev–Trinajstić information content (AvgIpc) is 3.35. The van der Waals surface area contributed by atoms with Crippen molar-refractivity contribution in [3.05, 3.63) is 65.2 Å². The summed E-state index contributed by atoms with van der Waals surface area (Å²) in [6.45, 7) is 5.71. The minimum atomic E-state index is -0.0742. The summed E-state index contributed by atoms with van der Waals surface area (Å²) in [5.74, 6) is 1.15. The summed E-state index contributed by atoms with van der Waals surface area (Å²) in [6.07, 6.45) is 6.07. The van der Waals surface area contributed by atoms with Crippen LogP contribution in [0.2, 0.25) is 0 Å². The summed E-state index contributed by atoms with van der Waals surface area (Å²) in [5.41, 5.74) is 4.97. The Balaban J connectivity index is 1.45. The first-order chi connectivity index (χ1) is 15.0. The van der Waals surface area contributed by atoms with E-state index in [1.165, 1.54) is 5.56 Å². The fourth-order valence-corrected chi connectivity index (χ4v) is 5.10. The number of aromatic nitrogens is 4. The van der Waals surface area contributed by atoms with Crippen LogP contribution in [0.1, 0.15) is 66.5 Å². The lowest BCUT2D eigenvalue weighted by Gasteiger charge is -2.40. The molecule has 1 fully saturated rings. The summed E-state index contributed by atoms with van der Waals surface area (Å²) in [7, 11) is 1.86. The molecule has 1 atom stereocenters. The van der Waals surface area contributed by atoms with Crippen LogP contribution in [0.5, 0.6) is 0 Å². The average molecular weight is 416 g/mol. The van der Waals surface area contributed by atoms with Gasteiger partial charge in [-0.3, -0.25) is 9.48 Å². The number of rotatable bonds is 3. The molecule has 2 aromatic heterocycles. The number of hydrogen-bond donors (Lipinski definition) is 0. The predicted molar refractivity (Wildman–Crippen MR) is 120 cm³/mol. The number of carbonyl (C=O) groups is 1. The van der Waals surface area contributed by atoms with E-state index in [1.54, 1.807) is 4.68 Å². The van der Waals surface area contributed by atoms with Crippen LogP contribution in [0.3, 0.4) is 0 Å². The molecule has 1 aliphatic carbocycles. The Morgan fingerprint density at radius 3 is 2.71 bits per heavy atom. The third kappa shape index (κ3) is 3.44. The summed E-state index contributed by atoms with van der Waals surface area (Å²) in [6, 6.07) is 12.1. The first-order valence-electron chi connectivity index (χ1n) is 11.2. The van der Waals surface area contributed by atoms with Crippen LogP contribution >= 0.6 is 0 Å². The van der Waals surface area contributed by atoms with Gasteiger partial charge in [0, 0.05) is 37.3 Å². The summed E-state index contributed by atoms with van der Waals surface area (Å²) in [5, 5.41) is 4.54. The van der Waals surface area contributed by atoms with E-state index in [9.17, 15) is 4.79 Å². The quantitative estimate of drug-likeness (QED) is 0.645. The van der Waals surface area contributed by atoms with Crippen LogP contribution in [0, 0.1) is 0 Å². The first kappa shape index (κ1) is 19.9. The lowest BCUT2D eigenvalue weighted by atomic mass is 9.77. The van der Waals surface area contributed by atoms with Gasteiger partial charge in [0.1, 0.15) is 5.69 Å². The zero-order valence-electron chi connectivity index (χ0n) is 18.5. The van der Waals surface area contributed by atoms with Gasteiger partial charge in [0.2, 0.25) is 0 Å². The predicted octanol–water partition coefficient (Wildman–Crippen LogP) is 4.12. The largest absolute Gasteiger partial charge is 0.336 e. The van der Waals surface area contributed by atoms with Gasteiger partial charge in [0.05, 0.1) is 11.4 Å². The van der Waals surface area contributed by atoms with E-state index in [-0.39, 0.29) is 11.3 Å². The van der Waals surface area contributed by atoms with Crippen LogP contribution < -0.4 is 0 Å².